The first-order chi connectivity index (χ1) is 7.83. The van der Waals surface area contributed by atoms with Gasteiger partial charge in [0.2, 0.25) is 0 Å². The Kier molecular flexibility index (Phi) is 7.52. The molecule has 1 heterocycles. The predicted octanol–water partition coefficient (Wildman–Crippen LogP) is 2.66. The lowest BCUT2D eigenvalue weighted by Crippen LogP contribution is -2.37. The summed E-state index contributed by atoms with van der Waals surface area (Å²) in [6, 6.07) is 0. The molecule has 94 valence electrons. The van der Waals surface area contributed by atoms with Crippen LogP contribution in [0.2, 0.25) is 0 Å². The first-order valence-corrected chi connectivity index (χ1v) is 6.83. The molecule has 0 spiro atoms. The van der Waals surface area contributed by atoms with Crippen molar-refractivity contribution in [2.75, 3.05) is 33.2 Å². The Hall–Kier alpha value is -0.340. The molecule has 0 aromatic rings. The number of hydrogen-bond acceptors (Lipinski definition) is 2. The monoisotopic (exact) mass is 224 g/mol. The highest BCUT2D eigenvalue weighted by Gasteiger charge is 2.15. The molecule has 0 radical (unpaired) electrons. The summed E-state index contributed by atoms with van der Waals surface area (Å²) < 4.78 is 0. The molecule has 1 aliphatic rings. The molecule has 0 bridgehead atoms. The Labute approximate surface area is 101 Å². The van der Waals surface area contributed by atoms with Crippen LogP contribution in [0.4, 0.5) is 0 Å². The second kappa shape index (κ2) is 8.77. The molecule has 2 heteroatoms. The number of piperidine rings is 1. The molecule has 0 aromatic heterocycles. The minimum absolute atomic E-state index is 0.881. The molecule has 0 amide bonds. The fraction of sp³-hybridized carbons (Fsp3) is 0.857. The van der Waals surface area contributed by atoms with Gasteiger partial charge in [-0.3, -0.25) is 0 Å². The zero-order chi connectivity index (χ0) is 11.6. The van der Waals surface area contributed by atoms with Crippen molar-refractivity contribution in [3.05, 3.63) is 12.7 Å². The summed E-state index contributed by atoms with van der Waals surface area (Å²) in [4.78, 5) is 2.46. The number of likely N-dealkylation sites (tertiary alicyclic amines) is 1. The summed E-state index contributed by atoms with van der Waals surface area (Å²) in [5.41, 5.74) is 0. The van der Waals surface area contributed by atoms with Crippen LogP contribution in [-0.4, -0.2) is 38.1 Å². The molecule has 1 saturated heterocycles. The average molecular weight is 224 g/mol. The molecule has 0 aromatic carbocycles. The minimum Gasteiger partial charge on any atom is -0.316 e. The second-order valence-corrected chi connectivity index (χ2v) is 5.11. The van der Waals surface area contributed by atoms with Crippen molar-refractivity contribution in [2.45, 2.75) is 38.5 Å². The van der Waals surface area contributed by atoms with Crippen molar-refractivity contribution in [1.82, 2.24) is 10.2 Å². The smallest absolute Gasteiger partial charge is 0.00187 e. The highest BCUT2D eigenvalue weighted by atomic mass is 15.1. The molecule has 1 N–H and O–H groups in total. The van der Waals surface area contributed by atoms with Crippen molar-refractivity contribution >= 4 is 0 Å². The number of nitrogens with one attached hydrogen (secondary N) is 1. The fourth-order valence-corrected chi connectivity index (χ4v) is 2.46. The van der Waals surface area contributed by atoms with Crippen LogP contribution in [0.25, 0.3) is 0 Å². The summed E-state index contributed by atoms with van der Waals surface area (Å²) in [5, 5.41) is 3.60. The molecule has 16 heavy (non-hydrogen) atoms. The SMILES string of the molecule is C=CCCCCCNCC1CCCN(C)C1. The van der Waals surface area contributed by atoms with E-state index >= 15 is 0 Å². The maximum atomic E-state index is 3.74. The van der Waals surface area contributed by atoms with Crippen LogP contribution in [-0.2, 0) is 0 Å². The third-order valence-corrected chi connectivity index (χ3v) is 3.42. The molecule has 0 saturated carbocycles. The Morgan fingerprint density at radius 1 is 1.38 bits per heavy atom. The largest absolute Gasteiger partial charge is 0.316 e. The van der Waals surface area contributed by atoms with Crippen molar-refractivity contribution < 1.29 is 0 Å². The molecule has 1 rings (SSSR count). The van der Waals surface area contributed by atoms with Gasteiger partial charge in [0.25, 0.3) is 0 Å². The van der Waals surface area contributed by atoms with Crippen LogP contribution in [0.5, 0.6) is 0 Å². The van der Waals surface area contributed by atoms with Crippen molar-refractivity contribution in [1.29, 1.82) is 0 Å². The van der Waals surface area contributed by atoms with E-state index < -0.39 is 0 Å². The van der Waals surface area contributed by atoms with Crippen LogP contribution >= 0.6 is 0 Å². The van der Waals surface area contributed by atoms with Gasteiger partial charge >= 0.3 is 0 Å². The summed E-state index contributed by atoms with van der Waals surface area (Å²) in [5.74, 6) is 0.881. The van der Waals surface area contributed by atoms with E-state index in [0.29, 0.717) is 0 Å². The van der Waals surface area contributed by atoms with Crippen molar-refractivity contribution in [3.63, 3.8) is 0 Å². The van der Waals surface area contributed by atoms with Crippen LogP contribution in [0.3, 0.4) is 0 Å². The average Bonchev–Trinajstić information content (AvgIpc) is 2.28. The van der Waals surface area contributed by atoms with Gasteiger partial charge in [-0.05, 0) is 64.7 Å². The zero-order valence-corrected chi connectivity index (χ0v) is 10.9. The van der Waals surface area contributed by atoms with Gasteiger partial charge in [-0.25, -0.2) is 0 Å². The van der Waals surface area contributed by atoms with Gasteiger partial charge < -0.3 is 10.2 Å². The van der Waals surface area contributed by atoms with E-state index in [-0.39, 0.29) is 0 Å². The van der Waals surface area contributed by atoms with E-state index in [0.717, 1.165) is 5.92 Å². The number of rotatable bonds is 8. The van der Waals surface area contributed by atoms with Crippen LogP contribution in [0.1, 0.15) is 38.5 Å². The van der Waals surface area contributed by atoms with E-state index in [9.17, 15) is 0 Å². The Balaban J connectivity index is 1.88. The molecule has 0 aliphatic carbocycles. The van der Waals surface area contributed by atoms with E-state index in [1.54, 1.807) is 0 Å². The Bertz CT molecular complexity index is 180. The lowest BCUT2D eigenvalue weighted by molar-refractivity contribution is 0.206. The number of nitrogens with zero attached hydrogens (tertiary/aromatic N) is 1. The lowest BCUT2D eigenvalue weighted by Gasteiger charge is -2.29. The third kappa shape index (κ3) is 6.29. The van der Waals surface area contributed by atoms with Crippen LogP contribution in [0, 0.1) is 5.92 Å². The summed E-state index contributed by atoms with van der Waals surface area (Å²) in [7, 11) is 2.24. The molecular formula is C14H28N2. The molecule has 2 nitrogen and oxygen atoms in total. The quantitative estimate of drug-likeness (QED) is 0.504. The summed E-state index contributed by atoms with van der Waals surface area (Å²) in [6.45, 7) is 8.72. The normalized spacial score (nSPS) is 22.2. The molecule has 1 fully saturated rings. The minimum atomic E-state index is 0.881. The third-order valence-electron chi connectivity index (χ3n) is 3.42. The first-order valence-electron chi connectivity index (χ1n) is 6.83. The Morgan fingerprint density at radius 3 is 3.00 bits per heavy atom. The predicted molar refractivity (Wildman–Crippen MR) is 71.8 cm³/mol. The standard InChI is InChI=1S/C14H28N2/c1-3-4-5-6-7-10-15-12-14-9-8-11-16(2)13-14/h3,14-15H,1,4-13H2,2H3. The first kappa shape index (κ1) is 13.7. The van der Waals surface area contributed by atoms with Crippen molar-refractivity contribution in [2.24, 2.45) is 5.92 Å². The molecule has 1 atom stereocenters. The highest BCUT2D eigenvalue weighted by molar-refractivity contribution is 4.72. The molecule has 1 unspecified atom stereocenters. The van der Waals surface area contributed by atoms with Gasteiger partial charge in [-0.15, -0.1) is 6.58 Å². The lowest BCUT2D eigenvalue weighted by atomic mass is 9.98. The fourth-order valence-electron chi connectivity index (χ4n) is 2.46. The van der Waals surface area contributed by atoms with Gasteiger partial charge in [-0.1, -0.05) is 12.5 Å². The zero-order valence-electron chi connectivity index (χ0n) is 10.9. The van der Waals surface area contributed by atoms with E-state index in [4.69, 9.17) is 0 Å². The van der Waals surface area contributed by atoms with Crippen LogP contribution in [0.15, 0.2) is 12.7 Å². The van der Waals surface area contributed by atoms with Gasteiger partial charge in [0.15, 0.2) is 0 Å². The Morgan fingerprint density at radius 2 is 2.25 bits per heavy atom. The summed E-state index contributed by atoms with van der Waals surface area (Å²) in [6.07, 6.45) is 9.94. The topological polar surface area (TPSA) is 15.3 Å². The van der Waals surface area contributed by atoms with Crippen LogP contribution < -0.4 is 5.32 Å². The van der Waals surface area contributed by atoms with Gasteiger partial charge in [-0.2, -0.15) is 0 Å². The maximum Gasteiger partial charge on any atom is 0.00187 e. The van der Waals surface area contributed by atoms with Gasteiger partial charge in [0.05, 0.1) is 0 Å². The molecular weight excluding hydrogens is 196 g/mol. The number of hydrogen-bond donors (Lipinski definition) is 1. The second-order valence-electron chi connectivity index (χ2n) is 5.11. The summed E-state index contributed by atoms with van der Waals surface area (Å²) >= 11 is 0. The van der Waals surface area contributed by atoms with E-state index in [1.807, 2.05) is 6.08 Å². The number of unbranched alkanes of at least 4 members (excludes halogenated alkanes) is 3. The van der Waals surface area contributed by atoms with Gasteiger partial charge in [0.1, 0.15) is 0 Å². The van der Waals surface area contributed by atoms with Gasteiger partial charge in [0, 0.05) is 6.54 Å². The molecule has 1 aliphatic heterocycles. The van der Waals surface area contributed by atoms with Crippen molar-refractivity contribution in [3.8, 4) is 0 Å². The van der Waals surface area contributed by atoms with E-state index in [2.05, 4.69) is 23.8 Å². The highest BCUT2D eigenvalue weighted by Crippen LogP contribution is 2.13. The number of allylic oxidation sites excluding steroid dienone is 1. The van der Waals surface area contributed by atoms with E-state index in [1.165, 1.54) is 64.7 Å². The maximum absolute atomic E-state index is 3.74.